The fourth-order valence-corrected chi connectivity index (χ4v) is 5.37. The lowest BCUT2D eigenvalue weighted by atomic mass is 9.54. The predicted molar refractivity (Wildman–Crippen MR) is 87.5 cm³/mol. The molecule has 0 aromatic heterocycles. The van der Waals surface area contributed by atoms with E-state index < -0.39 is 0 Å². The quantitative estimate of drug-likeness (QED) is 0.841. The normalized spacial score (nSPS) is 35.5. The fraction of sp³-hybridized carbons (Fsp3) is 0.632. The van der Waals surface area contributed by atoms with Gasteiger partial charge in [-0.2, -0.15) is 0 Å². The van der Waals surface area contributed by atoms with Crippen LogP contribution in [-0.2, 0) is 10.2 Å². The molecule has 1 unspecified atom stereocenters. The summed E-state index contributed by atoms with van der Waals surface area (Å²) in [7, 11) is 1.38. The number of aliphatic hydroxyl groups is 2. The van der Waals surface area contributed by atoms with Gasteiger partial charge in [0, 0.05) is 12.5 Å². The summed E-state index contributed by atoms with van der Waals surface area (Å²) >= 11 is 0. The lowest BCUT2D eigenvalue weighted by molar-refractivity contribution is -0.0211. The molecule has 1 saturated carbocycles. The molecule has 1 aromatic rings. The van der Waals surface area contributed by atoms with E-state index in [0.717, 1.165) is 24.8 Å². The first-order chi connectivity index (χ1) is 10.9. The molecule has 23 heavy (non-hydrogen) atoms. The third kappa shape index (κ3) is 2.23. The summed E-state index contributed by atoms with van der Waals surface area (Å²) in [5.41, 5.74) is 2.52. The van der Waals surface area contributed by atoms with Gasteiger partial charge in [0.1, 0.15) is 0 Å². The maximum absolute atomic E-state index is 11.9. The van der Waals surface area contributed by atoms with Gasteiger partial charge in [0.25, 0.3) is 0 Å². The summed E-state index contributed by atoms with van der Waals surface area (Å²) in [5.74, 6) is -0.215. The molecular weight excluding hydrogens is 292 g/mol. The average Bonchev–Trinajstić information content (AvgIpc) is 2.83. The van der Waals surface area contributed by atoms with E-state index >= 15 is 0 Å². The Morgan fingerprint density at radius 2 is 2.04 bits per heavy atom. The van der Waals surface area contributed by atoms with Crippen molar-refractivity contribution >= 4 is 5.97 Å². The Hall–Kier alpha value is -1.39. The Morgan fingerprint density at radius 1 is 1.30 bits per heavy atom. The van der Waals surface area contributed by atoms with Gasteiger partial charge in [-0.05, 0) is 52.8 Å². The van der Waals surface area contributed by atoms with Crippen molar-refractivity contribution in [1.82, 2.24) is 0 Å². The van der Waals surface area contributed by atoms with E-state index in [1.807, 2.05) is 18.2 Å². The van der Waals surface area contributed by atoms with Crippen LogP contribution in [-0.4, -0.2) is 36.5 Å². The van der Waals surface area contributed by atoms with Crippen molar-refractivity contribution in [3.63, 3.8) is 0 Å². The van der Waals surface area contributed by atoms with E-state index in [1.165, 1.54) is 12.7 Å². The minimum Gasteiger partial charge on any atom is -0.465 e. The third-order valence-corrected chi connectivity index (χ3v) is 6.33. The summed E-state index contributed by atoms with van der Waals surface area (Å²) in [6, 6.07) is 5.72. The smallest absolute Gasteiger partial charge is 0.337 e. The zero-order chi connectivity index (χ0) is 16.8. The van der Waals surface area contributed by atoms with Crippen LogP contribution in [0.3, 0.4) is 0 Å². The molecule has 0 bridgehead atoms. The molecule has 2 aliphatic rings. The van der Waals surface area contributed by atoms with Gasteiger partial charge >= 0.3 is 5.97 Å². The number of esters is 1. The van der Waals surface area contributed by atoms with E-state index in [4.69, 9.17) is 4.74 Å². The minimum atomic E-state index is -0.352. The highest BCUT2D eigenvalue weighted by Crippen LogP contribution is 2.63. The van der Waals surface area contributed by atoms with E-state index in [2.05, 4.69) is 13.8 Å². The van der Waals surface area contributed by atoms with Gasteiger partial charge in [0.05, 0.1) is 19.3 Å². The summed E-state index contributed by atoms with van der Waals surface area (Å²) in [6.07, 6.45) is 3.09. The zero-order valence-corrected chi connectivity index (χ0v) is 14.1. The van der Waals surface area contributed by atoms with Crippen molar-refractivity contribution in [2.45, 2.75) is 44.4 Å². The predicted octanol–water partition coefficient (Wildman–Crippen LogP) is 2.62. The number of methoxy groups -OCH3 is 1. The van der Waals surface area contributed by atoms with Gasteiger partial charge in [-0.1, -0.05) is 26.3 Å². The van der Waals surface area contributed by atoms with Gasteiger partial charge in [-0.25, -0.2) is 4.79 Å². The molecule has 2 N–H and O–H groups in total. The second-order valence-corrected chi connectivity index (χ2v) is 7.64. The molecule has 0 spiro atoms. The van der Waals surface area contributed by atoms with Crippen LogP contribution in [0.25, 0.3) is 0 Å². The Bertz CT molecular complexity index is 626. The molecule has 0 amide bonds. The molecule has 1 aromatic carbocycles. The second kappa shape index (κ2) is 5.60. The Labute approximate surface area is 137 Å². The van der Waals surface area contributed by atoms with Crippen LogP contribution < -0.4 is 0 Å². The topological polar surface area (TPSA) is 66.8 Å². The van der Waals surface area contributed by atoms with Crippen LogP contribution in [0.4, 0.5) is 0 Å². The first kappa shape index (κ1) is 16.5. The first-order valence-electron chi connectivity index (χ1n) is 8.36. The number of benzene rings is 1. The maximum atomic E-state index is 11.9. The Balaban J connectivity index is 2.15. The highest BCUT2D eigenvalue weighted by molar-refractivity contribution is 5.89. The van der Waals surface area contributed by atoms with Crippen LogP contribution >= 0.6 is 0 Å². The molecule has 4 nitrogen and oxygen atoms in total. The summed E-state index contributed by atoms with van der Waals surface area (Å²) in [4.78, 5) is 11.9. The lowest BCUT2D eigenvalue weighted by Gasteiger charge is -2.50. The number of fused-ring (bicyclic) bond motifs is 3. The van der Waals surface area contributed by atoms with E-state index in [9.17, 15) is 15.0 Å². The van der Waals surface area contributed by atoms with Crippen LogP contribution in [0.1, 0.15) is 60.5 Å². The molecule has 0 heterocycles. The van der Waals surface area contributed by atoms with E-state index in [0.29, 0.717) is 5.56 Å². The van der Waals surface area contributed by atoms with Crippen LogP contribution in [0.5, 0.6) is 0 Å². The number of aliphatic hydroxyl groups excluding tert-OH is 2. The van der Waals surface area contributed by atoms with Crippen molar-refractivity contribution in [1.29, 1.82) is 0 Å². The standard InChI is InChI=1S/C19H26O4/c1-18(11-21)7-4-8-19(2)15-6-5-12(17(22)23-3)9-13(15)14(10-20)16(18)19/h5-6,9,14,16,20-21H,4,7-8,10-11H2,1-3H3/t14-,16?,18-,19-/m0/s1. The number of hydrogen-bond donors (Lipinski definition) is 2. The van der Waals surface area contributed by atoms with Crippen LogP contribution in [0.2, 0.25) is 0 Å². The molecule has 0 saturated heterocycles. The maximum Gasteiger partial charge on any atom is 0.337 e. The average molecular weight is 318 g/mol. The highest BCUT2D eigenvalue weighted by atomic mass is 16.5. The SMILES string of the molecule is COC(=O)c1ccc2c(c1)[C@H](CO)C1[C@](C)(CO)CCC[C@@]21C. The van der Waals surface area contributed by atoms with Crippen LogP contribution in [0.15, 0.2) is 18.2 Å². The van der Waals surface area contributed by atoms with Gasteiger partial charge in [-0.15, -0.1) is 0 Å². The van der Waals surface area contributed by atoms with Crippen molar-refractivity contribution in [2.75, 3.05) is 20.3 Å². The number of ether oxygens (including phenoxy) is 1. The molecule has 4 atom stereocenters. The monoisotopic (exact) mass is 318 g/mol. The fourth-order valence-electron chi connectivity index (χ4n) is 5.37. The zero-order valence-electron chi connectivity index (χ0n) is 14.1. The molecule has 4 heteroatoms. The second-order valence-electron chi connectivity index (χ2n) is 7.64. The lowest BCUT2D eigenvalue weighted by Crippen LogP contribution is -2.47. The third-order valence-electron chi connectivity index (χ3n) is 6.33. The molecule has 0 aliphatic heterocycles. The largest absolute Gasteiger partial charge is 0.465 e. The summed E-state index contributed by atoms with van der Waals surface area (Å²) in [6.45, 7) is 4.54. The van der Waals surface area contributed by atoms with Crippen molar-refractivity contribution < 1.29 is 19.7 Å². The molecule has 2 aliphatic carbocycles. The molecular formula is C19H26O4. The van der Waals surface area contributed by atoms with Gasteiger partial charge in [0.2, 0.25) is 0 Å². The highest BCUT2D eigenvalue weighted by Gasteiger charge is 2.57. The number of carbonyl (C=O) groups is 1. The van der Waals surface area contributed by atoms with E-state index in [1.54, 1.807) is 0 Å². The Kier molecular flexibility index (Phi) is 4.01. The first-order valence-corrected chi connectivity index (χ1v) is 8.36. The van der Waals surface area contributed by atoms with Crippen molar-refractivity contribution in [3.8, 4) is 0 Å². The summed E-state index contributed by atoms with van der Waals surface area (Å²) in [5, 5.41) is 20.1. The number of carbonyl (C=O) groups excluding carboxylic acids is 1. The van der Waals surface area contributed by atoms with Gasteiger partial charge in [-0.3, -0.25) is 0 Å². The molecule has 3 rings (SSSR count). The minimum absolute atomic E-state index is 0.0352. The van der Waals surface area contributed by atoms with Crippen LogP contribution in [0, 0.1) is 11.3 Å². The number of hydrogen-bond acceptors (Lipinski definition) is 4. The molecule has 126 valence electrons. The summed E-state index contributed by atoms with van der Waals surface area (Å²) < 4.78 is 4.83. The van der Waals surface area contributed by atoms with Gasteiger partial charge in [0.15, 0.2) is 0 Å². The van der Waals surface area contributed by atoms with Gasteiger partial charge < -0.3 is 14.9 Å². The molecule has 1 fully saturated rings. The number of rotatable bonds is 3. The Morgan fingerprint density at radius 3 is 2.65 bits per heavy atom. The van der Waals surface area contributed by atoms with Crippen molar-refractivity contribution in [3.05, 3.63) is 34.9 Å². The molecule has 0 radical (unpaired) electrons. The van der Waals surface area contributed by atoms with E-state index in [-0.39, 0.29) is 41.8 Å². The van der Waals surface area contributed by atoms with Crippen molar-refractivity contribution in [2.24, 2.45) is 11.3 Å².